The summed E-state index contributed by atoms with van der Waals surface area (Å²) in [6.45, 7) is 2.43. The number of pyridine rings is 1. The molecule has 0 atom stereocenters. The van der Waals surface area contributed by atoms with Gasteiger partial charge < -0.3 is 4.42 Å². The van der Waals surface area contributed by atoms with E-state index in [9.17, 15) is 8.42 Å². The maximum absolute atomic E-state index is 11.7. The highest BCUT2D eigenvalue weighted by molar-refractivity contribution is 7.88. The number of sulfonamides is 1. The summed E-state index contributed by atoms with van der Waals surface area (Å²) >= 11 is 0. The fourth-order valence-electron chi connectivity index (χ4n) is 2.98. The highest BCUT2D eigenvalue weighted by Gasteiger charge is 2.25. The zero-order chi connectivity index (χ0) is 16.4. The largest absolute Gasteiger partial charge is 0.468 e. The smallest absolute Gasteiger partial charge is 0.211 e. The van der Waals surface area contributed by atoms with Gasteiger partial charge in [0.15, 0.2) is 0 Å². The molecule has 3 rings (SSSR count). The molecule has 0 radical (unpaired) electrons. The van der Waals surface area contributed by atoms with E-state index in [1.165, 1.54) is 16.1 Å². The maximum Gasteiger partial charge on any atom is 0.211 e. The SMILES string of the molecule is CN(Cc1ccco1)Cc1cncc2c1CCN(S(C)(=O)=O)C2.Cl.Cl. The fourth-order valence-corrected chi connectivity index (χ4v) is 3.77. The van der Waals surface area contributed by atoms with Crippen LogP contribution in [0.5, 0.6) is 0 Å². The van der Waals surface area contributed by atoms with Gasteiger partial charge in [-0.05, 0) is 42.3 Å². The van der Waals surface area contributed by atoms with Crippen LogP contribution >= 0.6 is 24.8 Å². The molecular formula is C16H23Cl2N3O3S. The van der Waals surface area contributed by atoms with Crippen molar-refractivity contribution in [2.45, 2.75) is 26.1 Å². The third kappa shape index (κ3) is 5.43. The first kappa shape index (κ1) is 21.9. The molecule has 0 fully saturated rings. The van der Waals surface area contributed by atoms with Crippen LogP contribution in [0.15, 0.2) is 35.2 Å². The zero-order valence-electron chi connectivity index (χ0n) is 14.2. The molecule has 0 amide bonds. The van der Waals surface area contributed by atoms with Crippen molar-refractivity contribution in [3.8, 4) is 0 Å². The minimum absolute atomic E-state index is 0. The van der Waals surface area contributed by atoms with Crippen molar-refractivity contribution >= 4 is 34.8 Å². The Morgan fingerprint density at radius 1 is 1.28 bits per heavy atom. The van der Waals surface area contributed by atoms with Gasteiger partial charge in [-0.25, -0.2) is 8.42 Å². The molecule has 2 aromatic heterocycles. The van der Waals surface area contributed by atoms with E-state index >= 15 is 0 Å². The van der Waals surface area contributed by atoms with Gasteiger partial charge in [0.25, 0.3) is 0 Å². The topological polar surface area (TPSA) is 66.7 Å². The second-order valence-electron chi connectivity index (χ2n) is 6.03. The number of rotatable bonds is 5. The van der Waals surface area contributed by atoms with E-state index in [0.717, 1.165) is 36.4 Å². The summed E-state index contributed by atoms with van der Waals surface area (Å²) in [5.74, 6) is 0.925. The standard InChI is InChI=1S/C16H21N3O3S.2ClH/c1-18(12-15-4-3-7-22-15)10-13-8-17-9-14-11-19(23(2,20)21)6-5-16(13)14;;/h3-4,7-9H,5-6,10-12H2,1-2H3;2*1H. The molecule has 2 aromatic rings. The van der Waals surface area contributed by atoms with Gasteiger partial charge in [0.2, 0.25) is 10.0 Å². The monoisotopic (exact) mass is 407 g/mol. The predicted molar refractivity (Wildman–Crippen MR) is 102 cm³/mol. The van der Waals surface area contributed by atoms with Crippen LogP contribution in [-0.2, 0) is 36.1 Å². The summed E-state index contributed by atoms with van der Waals surface area (Å²) in [6, 6.07) is 3.84. The van der Waals surface area contributed by atoms with Crippen LogP contribution in [0.3, 0.4) is 0 Å². The molecule has 9 heteroatoms. The minimum atomic E-state index is -3.16. The third-order valence-corrected chi connectivity index (χ3v) is 5.36. The minimum Gasteiger partial charge on any atom is -0.468 e. The van der Waals surface area contributed by atoms with Crippen molar-refractivity contribution in [3.05, 3.63) is 53.2 Å². The fraction of sp³-hybridized carbons (Fsp3) is 0.438. The van der Waals surface area contributed by atoms with Gasteiger partial charge in [-0.15, -0.1) is 24.8 Å². The first-order valence-electron chi connectivity index (χ1n) is 7.54. The Labute approximate surface area is 161 Å². The molecule has 3 heterocycles. The quantitative estimate of drug-likeness (QED) is 0.761. The Morgan fingerprint density at radius 2 is 2.04 bits per heavy atom. The molecule has 0 aromatic carbocycles. The Balaban J connectivity index is 0.00000156. The molecule has 0 N–H and O–H groups in total. The van der Waals surface area contributed by atoms with Gasteiger partial charge in [-0.1, -0.05) is 0 Å². The van der Waals surface area contributed by atoms with Crippen LogP contribution in [0.25, 0.3) is 0 Å². The molecule has 0 aliphatic carbocycles. The summed E-state index contributed by atoms with van der Waals surface area (Å²) in [5.41, 5.74) is 3.39. The third-order valence-electron chi connectivity index (χ3n) is 4.11. The molecule has 6 nitrogen and oxygen atoms in total. The lowest BCUT2D eigenvalue weighted by Crippen LogP contribution is -2.36. The van der Waals surface area contributed by atoms with Gasteiger partial charge in [0.1, 0.15) is 5.76 Å². The predicted octanol–water partition coefficient (Wildman–Crippen LogP) is 2.47. The highest BCUT2D eigenvalue weighted by atomic mass is 35.5. The molecule has 0 spiro atoms. The number of hydrogen-bond acceptors (Lipinski definition) is 5. The Kier molecular flexibility index (Phi) is 7.89. The summed E-state index contributed by atoms with van der Waals surface area (Å²) < 4.78 is 30.3. The summed E-state index contributed by atoms with van der Waals surface area (Å²) in [6.07, 6.45) is 7.33. The molecule has 1 aliphatic rings. The van der Waals surface area contributed by atoms with Crippen LogP contribution in [0.4, 0.5) is 0 Å². The Bertz CT molecular complexity index is 782. The first-order chi connectivity index (χ1) is 10.9. The van der Waals surface area contributed by atoms with Gasteiger partial charge in [-0.3, -0.25) is 9.88 Å². The van der Waals surface area contributed by atoms with Crippen molar-refractivity contribution in [2.75, 3.05) is 19.8 Å². The van der Waals surface area contributed by atoms with Crippen LogP contribution in [0.2, 0.25) is 0 Å². The molecule has 0 saturated carbocycles. The molecular weight excluding hydrogens is 385 g/mol. The van der Waals surface area contributed by atoms with Gasteiger partial charge >= 0.3 is 0 Å². The van der Waals surface area contributed by atoms with E-state index < -0.39 is 10.0 Å². The first-order valence-corrected chi connectivity index (χ1v) is 9.39. The Morgan fingerprint density at radius 3 is 2.68 bits per heavy atom. The number of halogens is 2. The van der Waals surface area contributed by atoms with Crippen LogP contribution < -0.4 is 0 Å². The van der Waals surface area contributed by atoms with E-state index in [1.807, 2.05) is 25.4 Å². The maximum atomic E-state index is 11.7. The van der Waals surface area contributed by atoms with E-state index in [4.69, 9.17) is 4.42 Å². The van der Waals surface area contributed by atoms with E-state index in [2.05, 4.69) is 9.88 Å². The van der Waals surface area contributed by atoms with Crippen LogP contribution in [-0.4, -0.2) is 42.5 Å². The van der Waals surface area contributed by atoms with Crippen molar-refractivity contribution in [3.63, 3.8) is 0 Å². The van der Waals surface area contributed by atoms with Crippen molar-refractivity contribution < 1.29 is 12.8 Å². The number of fused-ring (bicyclic) bond motifs is 1. The van der Waals surface area contributed by atoms with E-state index in [0.29, 0.717) is 13.1 Å². The second-order valence-corrected chi connectivity index (χ2v) is 8.02. The van der Waals surface area contributed by atoms with Crippen molar-refractivity contribution in [1.29, 1.82) is 0 Å². The van der Waals surface area contributed by atoms with E-state index in [-0.39, 0.29) is 24.8 Å². The summed E-state index contributed by atoms with van der Waals surface area (Å²) in [4.78, 5) is 6.46. The Hall–Kier alpha value is -1.12. The molecule has 140 valence electrons. The molecule has 25 heavy (non-hydrogen) atoms. The number of hydrogen-bond donors (Lipinski definition) is 0. The lowest BCUT2D eigenvalue weighted by molar-refractivity contribution is 0.285. The molecule has 0 saturated heterocycles. The summed E-state index contributed by atoms with van der Waals surface area (Å²) in [5, 5.41) is 0. The second kappa shape index (κ2) is 9.00. The lowest BCUT2D eigenvalue weighted by Gasteiger charge is -2.28. The lowest BCUT2D eigenvalue weighted by atomic mass is 9.98. The molecule has 1 aliphatic heterocycles. The summed E-state index contributed by atoms with van der Waals surface area (Å²) in [7, 11) is -1.12. The normalized spacial score (nSPS) is 14.5. The number of furan rings is 1. The average molecular weight is 408 g/mol. The van der Waals surface area contributed by atoms with Crippen molar-refractivity contribution in [1.82, 2.24) is 14.2 Å². The average Bonchev–Trinajstić information content (AvgIpc) is 2.99. The van der Waals surface area contributed by atoms with Gasteiger partial charge in [-0.2, -0.15) is 4.31 Å². The zero-order valence-corrected chi connectivity index (χ0v) is 16.7. The van der Waals surface area contributed by atoms with Crippen molar-refractivity contribution in [2.24, 2.45) is 0 Å². The van der Waals surface area contributed by atoms with Gasteiger partial charge in [0.05, 0.1) is 19.1 Å². The number of aromatic nitrogens is 1. The van der Waals surface area contributed by atoms with Crippen LogP contribution in [0.1, 0.15) is 22.5 Å². The highest BCUT2D eigenvalue weighted by Crippen LogP contribution is 2.24. The van der Waals surface area contributed by atoms with E-state index in [1.54, 1.807) is 12.5 Å². The van der Waals surface area contributed by atoms with Crippen LogP contribution in [0, 0.1) is 0 Å². The number of nitrogens with zero attached hydrogens (tertiary/aromatic N) is 3. The molecule has 0 unspecified atom stereocenters. The van der Waals surface area contributed by atoms with Gasteiger partial charge in [0, 0.05) is 32.0 Å². The molecule has 0 bridgehead atoms.